The highest BCUT2D eigenvalue weighted by Gasteiger charge is 2.25. The minimum Gasteiger partial charge on any atom is -0.398 e. The number of hydrogen-bond acceptors (Lipinski definition) is 3. The lowest BCUT2D eigenvalue weighted by molar-refractivity contribution is -0.134. The lowest BCUT2D eigenvalue weighted by atomic mass is 10.1. The second-order valence-electron chi connectivity index (χ2n) is 3.93. The first-order valence-corrected chi connectivity index (χ1v) is 5.40. The van der Waals surface area contributed by atoms with Gasteiger partial charge in [-0.05, 0) is 18.6 Å². The highest BCUT2D eigenvalue weighted by Crippen LogP contribution is 2.23. The zero-order valence-corrected chi connectivity index (χ0v) is 9.85. The van der Waals surface area contributed by atoms with E-state index in [9.17, 15) is 22.4 Å². The second-order valence-corrected chi connectivity index (χ2v) is 3.93. The number of primary amides is 1. The maximum absolute atomic E-state index is 13.4. The van der Waals surface area contributed by atoms with E-state index < -0.39 is 24.3 Å². The number of halogens is 4. The van der Waals surface area contributed by atoms with Gasteiger partial charge >= 0.3 is 6.18 Å². The highest BCUT2D eigenvalue weighted by atomic mass is 19.4. The van der Waals surface area contributed by atoms with Crippen LogP contribution >= 0.6 is 0 Å². The number of hydrogen-bond donors (Lipinski definition) is 3. The topological polar surface area (TPSA) is 81.1 Å². The molecule has 0 radical (unpaired) electrons. The van der Waals surface area contributed by atoms with Crippen molar-refractivity contribution in [1.82, 2.24) is 0 Å². The summed E-state index contributed by atoms with van der Waals surface area (Å²) in [5.74, 6) is -1.59. The molecule has 4 nitrogen and oxygen atoms in total. The van der Waals surface area contributed by atoms with Crippen LogP contribution in [0.5, 0.6) is 0 Å². The van der Waals surface area contributed by atoms with Crippen molar-refractivity contribution in [2.24, 2.45) is 5.73 Å². The molecule has 0 aliphatic heterocycles. The summed E-state index contributed by atoms with van der Waals surface area (Å²) in [5.41, 5.74) is 10.1. The van der Waals surface area contributed by atoms with Crippen LogP contribution in [0.1, 0.15) is 23.2 Å². The lowest BCUT2D eigenvalue weighted by Crippen LogP contribution is -2.15. The third-order valence-corrected chi connectivity index (χ3v) is 2.36. The van der Waals surface area contributed by atoms with E-state index in [1.807, 2.05) is 0 Å². The van der Waals surface area contributed by atoms with Crippen LogP contribution in [0.2, 0.25) is 0 Å². The lowest BCUT2D eigenvalue weighted by Gasteiger charge is -2.11. The van der Waals surface area contributed by atoms with Crippen molar-refractivity contribution in [1.29, 1.82) is 0 Å². The minimum atomic E-state index is -4.25. The van der Waals surface area contributed by atoms with E-state index in [2.05, 4.69) is 5.32 Å². The van der Waals surface area contributed by atoms with Crippen LogP contribution in [0.25, 0.3) is 0 Å². The van der Waals surface area contributed by atoms with Crippen molar-refractivity contribution in [2.45, 2.75) is 19.0 Å². The van der Waals surface area contributed by atoms with Crippen molar-refractivity contribution in [3.8, 4) is 0 Å². The molecular weight excluding hydrogens is 266 g/mol. The van der Waals surface area contributed by atoms with E-state index in [-0.39, 0.29) is 29.9 Å². The molecule has 0 aromatic heterocycles. The molecular formula is C11H13F4N3O. The first-order chi connectivity index (χ1) is 8.70. The molecule has 0 atom stereocenters. The van der Waals surface area contributed by atoms with Crippen LogP contribution in [0, 0.1) is 5.82 Å². The Balaban J connectivity index is 2.68. The number of carbonyl (C=O) groups is 1. The maximum atomic E-state index is 13.4. The fourth-order valence-electron chi connectivity index (χ4n) is 1.45. The molecule has 0 bridgehead atoms. The summed E-state index contributed by atoms with van der Waals surface area (Å²) in [5, 5.41) is 2.47. The van der Waals surface area contributed by atoms with Crippen molar-refractivity contribution in [2.75, 3.05) is 17.6 Å². The summed E-state index contributed by atoms with van der Waals surface area (Å²) in [6, 6.07) is 1.98. The number of benzene rings is 1. The monoisotopic (exact) mass is 279 g/mol. The van der Waals surface area contributed by atoms with E-state index in [1.54, 1.807) is 0 Å². The molecule has 1 amide bonds. The Labute approximate surface area is 106 Å². The van der Waals surface area contributed by atoms with Gasteiger partial charge in [0.2, 0.25) is 0 Å². The van der Waals surface area contributed by atoms with Crippen molar-refractivity contribution < 1.29 is 22.4 Å². The van der Waals surface area contributed by atoms with E-state index in [4.69, 9.17) is 11.5 Å². The first kappa shape index (κ1) is 15.1. The molecule has 0 fully saturated rings. The normalized spacial score (nSPS) is 11.4. The third kappa shape index (κ3) is 4.65. The van der Waals surface area contributed by atoms with E-state index in [0.717, 1.165) is 12.1 Å². The van der Waals surface area contributed by atoms with E-state index in [1.165, 1.54) is 0 Å². The molecule has 1 rings (SSSR count). The van der Waals surface area contributed by atoms with Crippen LogP contribution in [-0.4, -0.2) is 18.6 Å². The fraction of sp³-hybridized carbons (Fsp3) is 0.364. The number of alkyl halides is 3. The van der Waals surface area contributed by atoms with Gasteiger partial charge in [-0.15, -0.1) is 0 Å². The maximum Gasteiger partial charge on any atom is 0.389 e. The van der Waals surface area contributed by atoms with Gasteiger partial charge in [0, 0.05) is 18.7 Å². The molecule has 0 saturated carbocycles. The molecule has 1 aromatic rings. The van der Waals surface area contributed by atoms with Gasteiger partial charge in [-0.3, -0.25) is 4.79 Å². The van der Waals surface area contributed by atoms with E-state index in [0.29, 0.717) is 0 Å². The largest absolute Gasteiger partial charge is 0.398 e. The van der Waals surface area contributed by atoms with Crippen molar-refractivity contribution in [3.05, 3.63) is 23.5 Å². The van der Waals surface area contributed by atoms with Crippen LogP contribution in [0.4, 0.5) is 28.9 Å². The average molecular weight is 279 g/mol. The van der Waals surface area contributed by atoms with E-state index >= 15 is 0 Å². The quantitative estimate of drug-likeness (QED) is 0.439. The molecule has 19 heavy (non-hydrogen) atoms. The molecule has 8 heteroatoms. The number of rotatable bonds is 5. The summed E-state index contributed by atoms with van der Waals surface area (Å²) in [7, 11) is 0. The van der Waals surface area contributed by atoms with Gasteiger partial charge in [0.15, 0.2) is 0 Å². The van der Waals surface area contributed by atoms with Gasteiger partial charge in [0.1, 0.15) is 5.82 Å². The predicted octanol–water partition coefficient (Wildman–Crippen LogP) is 2.26. The molecule has 0 saturated heterocycles. The molecule has 0 heterocycles. The molecule has 106 valence electrons. The van der Waals surface area contributed by atoms with Gasteiger partial charge in [-0.2, -0.15) is 13.2 Å². The summed E-state index contributed by atoms with van der Waals surface area (Å²) in [6.07, 6.45) is -5.43. The summed E-state index contributed by atoms with van der Waals surface area (Å²) in [4.78, 5) is 11.0. The number of amides is 1. The number of carbonyl (C=O) groups excluding carboxylic acids is 1. The molecule has 5 N–H and O–H groups in total. The molecule has 0 unspecified atom stereocenters. The Bertz CT molecular complexity index is 474. The fourth-order valence-corrected chi connectivity index (χ4v) is 1.45. The smallest absolute Gasteiger partial charge is 0.389 e. The number of nitrogens with two attached hydrogens (primary N) is 2. The van der Waals surface area contributed by atoms with Crippen LogP contribution in [-0.2, 0) is 0 Å². The Morgan fingerprint density at radius 2 is 1.95 bits per heavy atom. The van der Waals surface area contributed by atoms with Crippen molar-refractivity contribution >= 4 is 17.3 Å². The average Bonchev–Trinajstić information content (AvgIpc) is 2.24. The third-order valence-electron chi connectivity index (χ3n) is 2.36. The highest BCUT2D eigenvalue weighted by molar-refractivity contribution is 5.99. The van der Waals surface area contributed by atoms with Gasteiger partial charge in [0.05, 0.1) is 11.3 Å². The van der Waals surface area contributed by atoms with Gasteiger partial charge in [-0.25, -0.2) is 4.39 Å². The number of nitrogen functional groups attached to an aromatic ring is 1. The second kappa shape index (κ2) is 5.77. The van der Waals surface area contributed by atoms with Gasteiger partial charge in [-0.1, -0.05) is 0 Å². The summed E-state index contributed by atoms with van der Waals surface area (Å²) in [6.45, 7) is -0.0848. The van der Waals surface area contributed by atoms with Crippen LogP contribution in [0.3, 0.4) is 0 Å². The Hall–Kier alpha value is -1.99. The van der Waals surface area contributed by atoms with Crippen LogP contribution in [0.15, 0.2) is 12.1 Å². The standard InChI is InChI=1S/C11H13F4N3O/c12-7-5-8(16)6(10(17)19)4-9(7)18-3-1-2-11(13,14)15/h4-5,18H,1-3,16H2,(H2,17,19). The van der Waals surface area contributed by atoms with Crippen LogP contribution < -0.4 is 16.8 Å². The Kier molecular flexibility index (Phi) is 4.57. The summed E-state index contributed by atoms with van der Waals surface area (Å²) >= 11 is 0. The molecule has 1 aromatic carbocycles. The first-order valence-electron chi connectivity index (χ1n) is 5.40. The van der Waals surface area contributed by atoms with Gasteiger partial charge < -0.3 is 16.8 Å². The SMILES string of the molecule is NC(=O)c1cc(NCCCC(F)(F)F)c(F)cc1N. The molecule has 0 spiro atoms. The summed E-state index contributed by atoms with van der Waals surface area (Å²) < 4.78 is 49.2. The zero-order valence-electron chi connectivity index (χ0n) is 9.85. The predicted molar refractivity (Wildman–Crippen MR) is 63.1 cm³/mol. The van der Waals surface area contributed by atoms with Crippen molar-refractivity contribution in [3.63, 3.8) is 0 Å². The zero-order chi connectivity index (χ0) is 14.6. The Morgan fingerprint density at radius 1 is 1.32 bits per heavy atom. The minimum absolute atomic E-state index is 0.0836. The Morgan fingerprint density at radius 3 is 2.47 bits per heavy atom. The molecule has 0 aliphatic rings. The number of nitrogens with one attached hydrogen (secondary N) is 1. The number of anilines is 2. The molecule has 0 aliphatic carbocycles. The van der Waals surface area contributed by atoms with Gasteiger partial charge in [0.25, 0.3) is 5.91 Å².